The molecule has 0 aliphatic rings. The van der Waals surface area contributed by atoms with Crippen molar-refractivity contribution in [3.63, 3.8) is 0 Å². The number of aryl methyl sites for hydroxylation is 1. The maximum atomic E-state index is 4.46. The molecule has 0 heterocycles. The van der Waals surface area contributed by atoms with Crippen LogP contribution in [0.4, 0.5) is 5.69 Å². The van der Waals surface area contributed by atoms with Crippen molar-refractivity contribution in [2.24, 2.45) is 10.3 Å². The van der Waals surface area contributed by atoms with Crippen LogP contribution in [0.25, 0.3) is 0 Å². The van der Waals surface area contributed by atoms with E-state index in [1.54, 1.807) is 0 Å². The van der Waals surface area contributed by atoms with E-state index in [0.29, 0.717) is 0 Å². The Morgan fingerprint density at radius 1 is 1.36 bits per heavy atom. The lowest BCUT2D eigenvalue weighted by Crippen LogP contribution is -1.90. The van der Waals surface area contributed by atoms with Crippen molar-refractivity contribution in [2.45, 2.75) is 6.92 Å². The molecule has 74 valence electrons. The molecule has 0 aliphatic heterocycles. The second-order valence-electron chi connectivity index (χ2n) is 2.70. The minimum Gasteiger partial charge on any atom is -0.399 e. The Morgan fingerprint density at radius 3 is 2.93 bits per heavy atom. The monoisotopic (exact) mass is 191 g/mol. The molecule has 0 radical (unpaired) electrons. The van der Waals surface area contributed by atoms with E-state index in [9.17, 15) is 0 Å². The summed E-state index contributed by atoms with van der Waals surface area (Å²) in [6.07, 6.45) is 2.98. The first-order valence-electron chi connectivity index (χ1n) is 4.24. The summed E-state index contributed by atoms with van der Waals surface area (Å²) >= 11 is 0. The first kappa shape index (κ1) is 10.2. The molecule has 0 amide bonds. The minimum absolute atomic E-state index is 0.951. The second kappa shape index (κ2) is 5.75. The topological polar surface area (TPSA) is 46.0 Å². The number of nitrogens with zero attached hydrogens (tertiary/aromatic N) is 2. The third kappa shape index (κ3) is 3.71. The van der Waals surface area contributed by atoms with Gasteiger partial charge < -0.3 is 4.84 Å². The Balaban J connectivity index is 2.45. The summed E-state index contributed by atoms with van der Waals surface area (Å²) in [5.41, 5.74) is 5.01. The van der Waals surface area contributed by atoms with Crippen molar-refractivity contribution in [1.82, 2.24) is 0 Å². The van der Waals surface area contributed by atoms with Gasteiger partial charge in [-0.2, -0.15) is 5.10 Å². The normalized spacial score (nSPS) is 11.0. The lowest BCUT2D eigenvalue weighted by molar-refractivity contribution is 0.216. The van der Waals surface area contributed by atoms with Crippen LogP contribution in [-0.4, -0.2) is 19.5 Å². The van der Waals surface area contributed by atoms with E-state index in [2.05, 4.69) is 20.5 Å². The van der Waals surface area contributed by atoms with Crippen molar-refractivity contribution >= 4 is 18.1 Å². The molecule has 1 rings (SSSR count). The summed E-state index contributed by atoms with van der Waals surface area (Å²) in [6.45, 7) is 2.03. The van der Waals surface area contributed by atoms with Crippen molar-refractivity contribution in [3.05, 3.63) is 29.8 Å². The van der Waals surface area contributed by atoms with Crippen molar-refractivity contribution < 1.29 is 4.84 Å². The number of rotatable bonds is 4. The molecule has 1 N–H and O–H groups in total. The third-order valence-corrected chi connectivity index (χ3v) is 1.52. The molecular weight excluding hydrogens is 178 g/mol. The Bertz CT molecular complexity index is 334. The fourth-order valence-corrected chi connectivity index (χ4v) is 0.948. The SMILES string of the molecule is CO/N=C/C=N/Nc1cccc(C)c1. The highest BCUT2D eigenvalue weighted by Crippen LogP contribution is 2.08. The van der Waals surface area contributed by atoms with E-state index in [1.807, 2.05) is 31.2 Å². The summed E-state index contributed by atoms with van der Waals surface area (Å²) in [6, 6.07) is 7.94. The molecule has 0 bridgehead atoms. The minimum atomic E-state index is 0.951. The molecule has 1 aromatic carbocycles. The van der Waals surface area contributed by atoms with E-state index in [4.69, 9.17) is 0 Å². The number of nitrogens with one attached hydrogen (secondary N) is 1. The maximum Gasteiger partial charge on any atom is 0.106 e. The van der Waals surface area contributed by atoms with Gasteiger partial charge >= 0.3 is 0 Å². The summed E-state index contributed by atoms with van der Waals surface area (Å²) in [4.78, 5) is 4.46. The highest BCUT2D eigenvalue weighted by Gasteiger charge is 1.87. The summed E-state index contributed by atoms with van der Waals surface area (Å²) in [5, 5.41) is 7.42. The van der Waals surface area contributed by atoms with Gasteiger partial charge in [-0.3, -0.25) is 5.43 Å². The highest BCUT2D eigenvalue weighted by molar-refractivity contribution is 6.15. The molecule has 0 unspecified atom stereocenters. The predicted octanol–water partition coefficient (Wildman–Crippen LogP) is 2.02. The van der Waals surface area contributed by atoms with Crippen LogP contribution in [-0.2, 0) is 4.84 Å². The van der Waals surface area contributed by atoms with Crippen molar-refractivity contribution in [1.29, 1.82) is 0 Å². The van der Waals surface area contributed by atoms with Crippen LogP contribution in [0.15, 0.2) is 34.5 Å². The van der Waals surface area contributed by atoms with Crippen LogP contribution in [0.2, 0.25) is 0 Å². The van der Waals surface area contributed by atoms with Gasteiger partial charge in [-0.15, -0.1) is 0 Å². The lowest BCUT2D eigenvalue weighted by atomic mass is 10.2. The first-order chi connectivity index (χ1) is 6.83. The summed E-state index contributed by atoms with van der Waals surface area (Å²) in [7, 11) is 1.48. The summed E-state index contributed by atoms with van der Waals surface area (Å²) < 4.78 is 0. The van der Waals surface area contributed by atoms with Crippen molar-refractivity contribution in [2.75, 3.05) is 12.5 Å². The molecule has 4 nitrogen and oxygen atoms in total. The largest absolute Gasteiger partial charge is 0.399 e. The Hall–Kier alpha value is -1.84. The molecule has 0 fully saturated rings. The van der Waals surface area contributed by atoms with Gasteiger partial charge in [0, 0.05) is 0 Å². The van der Waals surface area contributed by atoms with E-state index >= 15 is 0 Å². The quantitative estimate of drug-likeness (QED) is 0.584. The Kier molecular flexibility index (Phi) is 4.20. The smallest absolute Gasteiger partial charge is 0.106 e. The van der Waals surface area contributed by atoms with E-state index in [1.165, 1.54) is 25.1 Å². The molecule has 0 atom stereocenters. The molecule has 0 saturated heterocycles. The third-order valence-electron chi connectivity index (χ3n) is 1.52. The van der Waals surface area contributed by atoms with Gasteiger partial charge in [-0.1, -0.05) is 17.3 Å². The van der Waals surface area contributed by atoms with Crippen LogP contribution in [0.1, 0.15) is 5.56 Å². The van der Waals surface area contributed by atoms with Gasteiger partial charge in [0.05, 0.1) is 18.1 Å². The molecule has 1 aromatic rings. The zero-order valence-electron chi connectivity index (χ0n) is 8.27. The highest BCUT2D eigenvalue weighted by atomic mass is 16.6. The van der Waals surface area contributed by atoms with Gasteiger partial charge in [0.2, 0.25) is 0 Å². The van der Waals surface area contributed by atoms with Gasteiger partial charge in [0.25, 0.3) is 0 Å². The van der Waals surface area contributed by atoms with Crippen molar-refractivity contribution in [3.8, 4) is 0 Å². The molecule has 0 aromatic heterocycles. The van der Waals surface area contributed by atoms with Crippen LogP contribution in [0.5, 0.6) is 0 Å². The van der Waals surface area contributed by atoms with Gasteiger partial charge in [-0.05, 0) is 24.6 Å². The van der Waals surface area contributed by atoms with Gasteiger partial charge in [-0.25, -0.2) is 0 Å². The molecular formula is C10H13N3O. The second-order valence-corrected chi connectivity index (χ2v) is 2.70. The number of anilines is 1. The molecule has 0 spiro atoms. The number of oxime groups is 1. The van der Waals surface area contributed by atoms with Crippen LogP contribution >= 0.6 is 0 Å². The van der Waals surface area contributed by atoms with Crippen LogP contribution in [0.3, 0.4) is 0 Å². The van der Waals surface area contributed by atoms with Gasteiger partial charge in [0.15, 0.2) is 0 Å². The summed E-state index contributed by atoms with van der Waals surface area (Å²) in [5.74, 6) is 0. The van der Waals surface area contributed by atoms with Crippen LogP contribution in [0, 0.1) is 6.92 Å². The molecule has 0 aliphatic carbocycles. The van der Waals surface area contributed by atoms with E-state index in [0.717, 1.165) is 5.69 Å². The van der Waals surface area contributed by atoms with E-state index in [-0.39, 0.29) is 0 Å². The molecule has 4 heteroatoms. The molecule has 14 heavy (non-hydrogen) atoms. The predicted molar refractivity (Wildman–Crippen MR) is 58.8 cm³/mol. The first-order valence-corrected chi connectivity index (χ1v) is 4.24. The maximum absolute atomic E-state index is 4.46. The number of hydrogen-bond donors (Lipinski definition) is 1. The number of hydrazone groups is 1. The lowest BCUT2D eigenvalue weighted by Gasteiger charge is -1.99. The van der Waals surface area contributed by atoms with E-state index < -0.39 is 0 Å². The fourth-order valence-electron chi connectivity index (χ4n) is 0.948. The average molecular weight is 191 g/mol. The standard InChI is InChI=1S/C10H13N3O/c1-9-4-3-5-10(8-9)13-11-6-7-12-14-2/h3-8,13H,1-2H3/b11-6+,12-7+. The zero-order valence-corrected chi connectivity index (χ0v) is 8.27. The van der Waals surface area contributed by atoms with Gasteiger partial charge in [0.1, 0.15) is 7.11 Å². The molecule has 0 saturated carbocycles. The zero-order chi connectivity index (χ0) is 10.2. The Labute approximate surface area is 83.3 Å². The Morgan fingerprint density at radius 2 is 2.21 bits per heavy atom. The number of benzene rings is 1. The average Bonchev–Trinajstić information content (AvgIpc) is 2.18. The number of hydrogen-bond acceptors (Lipinski definition) is 4. The fraction of sp³-hybridized carbons (Fsp3) is 0.200. The van der Waals surface area contributed by atoms with Crippen LogP contribution < -0.4 is 5.43 Å².